The Kier molecular flexibility index (Phi) is 7.29. The van der Waals surface area contributed by atoms with E-state index in [0.29, 0.717) is 30.2 Å². The Morgan fingerprint density at radius 1 is 0.905 bits per heavy atom. The van der Waals surface area contributed by atoms with Gasteiger partial charge < -0.3 is 14.7 Å². The van der Waals surface area contributed by atoms with Crippen LogP contribution in [0.25, 0.3) is 0 Å². The van der Waals surface area contributed by atoms with Crippen molar-refractivity contribution in [3.05, 3.63) is 118 Å². The number of piperazine rings is 1. The van der Waals surface area contributed by atoms with Crippen molar-refractivity contribution < 1.29 is 18.0 Å². The number of sulfone groups is 1. The van der Waals surface area contributed by atoms with Gasteiger partial charge in [-0.3, -0.25) is 9.59 Å². The van der Waals surface area contributed by atoms with Gasteiger partial charge in [-0.05, 0) is 79.6 Å². The van der Waals surface area contributed by atoms with Gasteiger partial charge >= 0.3 is 0 Å². The molecule has 0 unspecified atom stereocenters. The maximum absolute atomic E-state index is 13.9. The van der Waals surface area contributed by atoms with Crippen LogP contribution in [0.15, 0.2) is 101 Å². The molecule has 0 bridgehead atoms. The Labute approximate surface area is 250 Å². The number of nitrogens with zero attached hydrogens (tertiary/aromatic N) is 3. The minimum Gasteiger partial charge on any atom is -0.365 e. The minimum absolute atomic E-state index is 0.0167. The summed E-state index contributed by atoms with van der Waals surface area (Å²) in [6.07, 6.45) is 0. The van der Waals surface area contributed by atoms with Crippen LogP contribution in [0.2, 0.25) is 5.02 Å². The van der Waals surface area contributed by atoms with Gasteiger partial charge in [0.05, 0.1) is 27.6 Å². The molecule has 2 aliphatic rings. The molecule has 1 saturated heterocycles. The Morgan fingerprint density at radius 2 is 1.69 bits per heavy atom. The van der Waals surface area contributed by atoms with Crippen molar-refractivity contribution in [3.63, 3.8) is 0 Å². The summed E-state index contributed by atoms with van der Waals surface area (Å²) < 4.78 is 27.7. The molecule has 9 heteroatoms. The fourth-order valence-electron chi connectivity index (χ4n) is 5.83. The molecule has 2 heterocycles. The first-order valence-corrected chi connectivity index (χ1v) is 15.7. The predicted octanol–water partition coefficient (Wildman–Crippen LogP) is 5.99. The topological polar surface area (TPSA) is 78.0 Å². The Hall–Kier alpha value is -4.14. The van der Waals surface area contributed by atoms with E-state index in [2.05, 4.69) is 36.9 Å². The zero-order chi connectivity index (χ0) is 29.6. The Morgan fingerprint density at radius 3 is 2.45 bits per heavy atom. The molecule has 1 fully saturated rings. The third kappa shape index (κ3) is 5.05. The van der Waals surface area contributed by atoms with E-state index in [9.17, 15) is 18.0 Å². The minimum atomic E-state index is -4.04. The van der Waals surface area contributed by atoms with Crippen LogP contribution in [0.3, 0.4) is 0 Å². The highest BCUT2D eigenvalue weighted by Crippen LogP contribution is 2.38. The number of hydrogen-bond acceptors (Lipinski definition) is 5. The van der Waals surface area contributed by atoms with Gasteiger partial charge in [-0.15, -0.1) is 0 Å². The highest BCUT2D eigenvalue weighted by molar-refractivity contribution is 7.91. The number of rotatable bonds is 4. The lowest BCUT2D eigenvalue weighted by Gasteiger charge is -2.41. The molecular weight excluding hydrogens is 570 g/mol. The average molecular weight is 600 g/mol. The van der Waals surface area contributed by atoms with Crippen molar-refractivity contribution in [1.82, 2.24) is 4.90 Å². The van der Waals surface area contributed by atoms with Gasteiger partial charge in [0.1, 0.15) is 0 Å². The summed E-state index contributed by atoms with van der Waals surface area (Å²) in [5.41, 5.74) is 3.63. The first-order valence-electron chi connectivity index (χ1n) is 13.8. The van der Waals surface area contributed by atoms with Crippen LogP contribution in [0.4, 0.5) is 11.4 Å². The maximum atomic E-state index is 13.9. The largest absolute Gasteiger partial charge is 0.365 e. The molecule has 0 N–H and O–H groups in total. The smallest absolute Gasteiger partial charge is 0.259 e. The molecule has 4 aromatic carbocycles. The van der Waals surface area contributed by atoms with Crippen LogP contribution in [0, 0.1) is 6.92 Å². The number of carbonyl (C=O) groups excluding carboxylic acids is 2. The molecule has 42 heavy (non-hydrogen) atoms. The molecule has 0 aliphatic carbocycles. The molecule has 0 saturated carbocycles. The molecule has 4 aromatic rings. The standard InChI is InChI=1S/C33H30ClN3O4S/c1-22-7-5-10-27(17-22)36-16-15-35(20-23(36)2)32(38)25-13-14-31-29(19-25)37(21-24-8-6-9-26(34)18-24)33(39)28-11-3-4-12-30(28)42(31,40)41/h3-14,17-19,23H,15-16,20-21H2,1-2H3/t23-/m1/s1. The zero-order valence-electron chi connectivity index (χ0n) is 23.3. The van der Waals surface area contributed by atoms with E-state index in [1.807, 2.05) is 12.1 Å². The molecular formula is C33H30ClN3O4S. The fourth-order valence-corrected chi connectivity index (χ4v) is 7.67. The SMILES string of the molecule is Cc1cccc(N2CCN(C(=O)c3ccc4c(c3)N(Cc3cccc(Cl)c3)C(=O)c3ccccc3S4(=O)=O)C[C@H]2C)c1. The molecule has 214 valence electrons. The van der Waals surface area contributed by atoms with Gasteiger partial charge in [0.25, 0.3) is 11.8 Å². The van der Waals surface area contributed by atoms with Crippen molar-refractivity contribution in [2.24, 2.45) is 0 Å². The molecule has 0 aromatic heterocycles. The van der Waals surface area contributed by atoms with E-state index in [-0.39, 0.29) is 39.5 Å². The lowest BCUT2D eigenvalue weighted by molar-refractivity contribution is 0.0726. The van der Waals surface area contributed by atoms with E-state index < -0.39 is 15.7 Å². The lowest BCUT2D eigenvalue weighted by Crippen LogP contribution is -2.53. The summed E-state index contributed by atoms with van der Waals surface area (Å²) in [7, 11) is -4.04. The van der Waals surface area contributed by atoms with Gasteiger partial charge in [-0.2, -0.15) is 0 Å². The number of halogens is 1. The van der Waals surface area contributed by atoms with Crippen LogP contribution < -0.4 is 9.80 Å². The summed E-state index contributed by atoms with van der Waals surface area (Å²) in [5.74, 6) is -0.666. The molecule has 2 aliphatic heterocycles. The zero-order valence-corrected chi connectivity index (χ0v) is 24.9. The molecule has 2 amide bonds. The Bertz CT molecular complexity index is 1820. The highest BCUT2D eigenvalue weighted by atomic mass is 35.5. The van der Waals surface area contributed by atoms with E-state index in [1.54, 1.807) is 47.4 Å². The van der Waals surface area contributed by atoms with Gasteiger partial charge in [0.15, 0.2) is 0 Å². The number of carbonyl (C=O) groups is 2. The van der Waals surface area contributed by atoms with Crippen molar-refractivity contribution in [1.29, 1.82) is 0 Å². The van der Waals surface area contributed by atoms with Crippen LogP contribution in [0.5, 0.6) is 0 Å². The second kappa shape index (κ2) is 10.9. The summed E-state index contributed by atoms with van der Waals surface area (Å²) in [5, 5.41) is 0.505. The third-order valence-electron chi connectivity index (χ3n) is 7.92. The van der Waals surface area contributed by atoms with Crippen LogP contribution in [0.1, 0.15) is 38.8 Å². The summed E-state index contributed by atoms with van der Waals surface area (Å²) in [6, 6.07) is 26.2. The molecule has 0 radical (unpaired) electrons. The number of hydrogen-bond donors (Lipinski definition) is 0. The molecule has 1 atom stereocenters. The van der Waals surface area contributed by atoms with E-state index >= 15 is 0 Å². The fraction of sp³-hybridized carbons (Fsp3) is 0.212. The first kappa shape index (κ1) is 28.0. The molecule has 6 rings (SSSR count). The first-order chi connectivity index (χ1) is 20.1. The maximum Gasteiger partial charge on any atom is 0.259 e. The van der Waals surface area contributed by atoms with Crippen LogP contribution in [-0.4, -0.2) is 50.8 Å². The highest BCUT2D eigenvalue weighted by Gasteiger charge is 2.37. The van der Waals surface area contributed by atoms with Gasteiger partial charge in [0.2, 0.25) is 9.84 Å². The van der Waals surface area contributed by atoms with Gasteiger partial charge in [-0.1, -0.05) is 48.0 Å². The summed E-state index contributed by atoms with van der Waals surface area (Å²) in [6.45, 7) is 5.94. The monoisotopic (exact) mass is 599 g/mol. The van der Waals surface area contributed by atoms with Gasteiger partial charge in [-0.25, -0.2) is 8.42 Å². The van der Waals surface area contributed by atoms with Crippen molar-refractivity contribution in [2.75, 3.05) is 29.4 Å². The van der Waals surface area contributed by atoms with Crippen molar-refractivity contribution in [2.45, 2.75) is 36.2 Å². The van der Waals surface area contributed by atoms with Crippen molar-refractivity contribution >= 4 is 44.6 Å². The second-order valence-corrected chi connectivity index (χ2v) is 13.2. The van der Waals surface area contributed by atoms with Crippen LogP contribution in [-0.2, 0) is 16.4 Å². The number of anilines is 2. The average Bonchev–Trinajstić information content (AvgIpc) is 3.04. The number of benzene rings is 4. The van der Waals surface area contributed by atoms with E-state index in [0.717, 1.165) is 11.3 Å². The predicted molar refractivity (Wildman–Crippen MR) is 164 cm³/mol. The number of amides is 2. The van der Waals surface area contributed by atoms with Gasteiger partial charge in [0, 0.05) is 41.9 Å². The third-order valence-corrected chi connectivity index (χ3v) is 10.0. The Balaban J connectivity index is 1.37. The van der Waals surface area contributed by atoms with Crippen molar-refractivity contribution in [3.8, 4) is 0 Å². The molecule has 0 spiro atoms. The van der Waals surface area contributed by atoms with Crippen LogP contribution >= 0.6 is 11.6 Å². The summed E-state index contributed by atoms with van der Waals surface area (Å²) >= 11 is 6.23. The number of aryl methyl sites for hydroxylation is 1. The van der Waals surface area contributed by atoms with E-state index in [1.165, 1.54) is 28.7 Å². The summed E-state index contributed by atoms with van der Waals surface area (Å²) in [4.78, 5) is 33.2. The number of fused-ring (bicyclic) bond motifs is 2. The lowest BCUT2D eigenvalue weighted by atomic mass is 10.1. The normalized spacial score (nSPS) is 17.8. The quantitative estimate of drug-likeness (QED) is 0.288. The second-order valence-electron chi connectivity index (χ2n) is 10.8. The van der Waals surface area contributed by atoms with E-state index in [4.69, 9.17) is 11.6 Å². The molecule has 7 nitrogen and oxygen atoms in total.